The largest absolute Gasteiger partial charge is 0.480 e. The molecule has 7 aliphatic heterocycles. The first-order chi connectivity index (χ1) is 57.9. The van der Waals surface area contributed by atoms with Gasteiger partial charge in [-0.3, -0.25) is 33.6 Å². The summed E-state index contributed by atoms with van der Waals surface area (Å²) in [7, 11) is 6.08. The van der Waals surface area contributed by atoms with Gasteiger partial charge in [-0.2, -0.15) is 35.3 Å². The summed E-state index contributed by atoms with van der Waals surface area (Å²) in [5.74, 6) is -8.15. The van der Waals surface area contributed by atoms with Gasteiger partial charge in [0.15, 0.2) is 31.5 Å². The molecule has 0 aromatic rings. The quantitative estimate of drug-likeness (QED) is 0.0310. The Bertz CT molecular complexity index is 2780. The van der Waals surface area contributed by atoms with Gasteiger partial charge in [0, 0.05) is 83.7 Å². The predicted molar refractivity (Wildman–Crippen MR) is 452 cm³/mol. The molecule has 123 heavy (non-hydrogen) atoms. The Morgan fingerprint density at radius 2 is 0.463 bits per heavy atom. The molecule has 7 heterocycles. The Morgan fingerprint density at radius 3 is 0.602 bits per heavy atom. The Labute approximate surface area is 733 Å². The molecule has 7 rings (SSSR count). The number of carboxylic acid groups (broad SMARTS) is 3. The lowest BCUT2D eigenvalue weighted by molar-refractivity contribution is -0.289. The van der Waals surface area contributed by atoms with Crippen LogP contribution in [0.5, 0.6) is 0 Å². The van der Waals surface area contributed by atoms with Crippen molar-refractivity contribution in [3.8, 4) is 0 Å². The Hall–Kier alpha value is -5.17. The second-order valence-electron chi connectivity index (χ2n) is 28.0. The molecule has 0 aromatic carbocycles. The van der Waals surface area contributed by atoms with Crippen molar-refractivity contribution in [2.75, 3.05) is 90.6 Å². The fourth-order valence-corrected chi connectivity index (χ4v) is 13.2. The molecule has 7 aliphatic rings. The number of carboxylic acids is 3. The molecular weight excluding hydrogens is 1700 g/mol. The van der Waals surface area contributed by atoms with Crippen LogP contribution in [-0.2, 0) is 81.1 Å². The van der Waals surface area contributed by atoms with Gasteiger partial charge in [0.25, 0.3) is 0 Å². The van der Waals surface area contributed by atoms with Gasteiger partial charge >= 0.3 is 17.9 Å². The summed E-state index contributed by atoms with van der Waals surface area (Å²) < 4.78 is 34.4. The first-order valence-electron chi connectivity index (χ1n) is 41.1. The summed E-state index contributed by atoms with van der Waals surface area (Å²) in [5.41, 5.74) is 0. The van der Waals surface area contributed by atoms with Gasteiger partial charge in [-0.1, -0.05) is 90.0 Å². The van der Waals surface area contributed by atoms with Crippen LogP contribution in [0.15, 0.2) is 0 Å². The number of rotatable bonds is 31. The van der Waals surface area contributed by atoms with Crippen molar-refractivity contribution in [2.45, 2.75) is 295 Å². The third-order valence-electron chi connectivity index (χ3n) is 19.7. The lowest BCUT2D eigenvalue weighted by atomic mass is 9.87. The number of hydrogen-bond donors (Lipinski definition) is 26. The van der Waals surface area contributed by atoms with E-state index < -0.39 is 207 Å². The van der Waals surface area contributed by atoms with Crippen LogP contribution in [0.1, 0.15) is 148 Å². The summed E-state index contributed by atoms with van der Waals surface area (Å²) in [6.07, 6.45) is -16.8. The van der Waals surface area contributed by atoms with Gasteiger partial charge in [0.05, 0.1) is 29.6 Å². The molecule has 7 saturated heterocycles. The van der Waals surface area contributed by atoms with E-state index in [2.05, 4.69) is 37.2 Å². The van der Waals surface area contributed by atoms with Crippen molar-refractivity contribution < 1.29 is 178 Å². The van der Waals surface area contributed by atoms with Gasteiger partial charge in [-0.15, -0.1) is 0 Å². The molecule has 26 N–H and O–H groups in total. The van der Waals surface area contributed by atoms with Gasteiger partial charge in [-0.05, 0) is 76.6 Å². The number of aliphatic hydroxyl groups excluding tert-OH is 16. The number of carbonyl (C=O) groups is 10. The highest BCUT2D eigenvalue weighted by Gasteiger charge is 2.52. The van der Waals surface area contributed by atoms with Crippen LogP contribution >= 0.6 is 35.3 Å². The van der Waals surface area contributed by atoms with Crippen molar-refractivity contribution in [3.63, 3.8) is 0 Å². The van der Waals surface area contributed by atoms with Gasteiger partial charge in [0.2, 0.25) is 41.4 Å². The molecule has 0 spiro atoms. The molecule has 46 heteroatoms. The Kier molecular flexibility index (Phi) is 69.5. The zero-order valence-corrected chi connectivity index (χ0v) is 76.8. The maximum Gasteiger partial charge on any atom is 0.327 e. The molecule has 20 unspecified atom stereocenters. The van der Waals surface area contributed by atoms with Crippen molar-refractivity contribution >= 4 is 94.5 Å². The summed E-state index contributed by atoms with van der Waals surface area (Å²) in [4.78, 5) is 114. The zero-order chi connectivity index (χ0) is 96.0. The fraction of sp³-hybridized carbons (Fsp3) is 0.870. The van der Waals surface area contributed by atoms with E-state index in [1.807, 2.05) is 54.7 Å². The molecule has 0 radical (unpaired) electrons. The highest BCUT2D eigenvalue weighted by molar-refractivity contribution is 7.99. The third kappa shape index (κ3) is 42.7. The van der Waals surface area contributed by atoms with E-state index in [1.54, 1.807) is 61.1 Å². The molecule has 43 nitrogen and oxygen atoms in total. The average Bonchev–Trinajstić information content (AvgIpc) is 1.67. The van der Waals surface area contributed by atoms with Gasteiger partial charge < -0.3 is 167 Å². The monoisotopic (exact) mass is 1840 g/mol. The zero-order valence-electron chi connectivity index (χ0n) is 74.4. The van der Waals surface area contributed by atoms with Gasteiger partial charge in [-0.25, -0.2) is 14.4 Å². The molecule has 7 amide bonds. The molecule has 0 aliphatic carbocycles. The molecule has 0 saturated carbocycles. The molecule has 7 fully saturated rings. The highest BCUT2D eigenvalue weighted by Crippen LogP contribution is 2.32. The minimum atomic E-state index is -1.61. The normalized spacial score (nSPS) is 29.6. The number of amides is 7. The van der Waals surface area contributed by atoms with E-state index in [-0.39, 0.29) is 65.7 Å². The number of thioether (sulfide) groups is 3. The Morgan fingerprint density at radius 1 is 0.293 bits per heavy atom. The number of aliphatic carboxylic acids is 3. The maximum absolute atomic E-state index is 12.2. The van der Waals surface area contributed by atoms with E-state index in [1.165, 1.54) is 69.3 Å². The van der Waals surface area contributed by atoms with Crippen LogP contribution < -0.4 is 37.2 Å². The SMILES string of the molecule is C1COC1.C1COC1.CC.CC.CCC(C(=O)NC)C1OC(O)C(O)C(O)C1O.CCC(C(=O)NC)C1OC(O)C(O)C1O.CCC(C(=O)N[C@@H](CSC)C(=O)O)C1OC(O)C(O)C1O.CCC(C)C(=O)NC.CCC(C)C(=O)N[C@@H](CSC)C(=O)O.CC[C@@H](C(=O)NC)C1O[C@H](O)[C@H](O)[C@H]1O.CC[C@@H](C(=O)N[C@@H](CSC)C(=O)O)C1O[C@H](O)[C@H](O)[C@H]1O. The van der Waals surface area contributed by atoms with Crippen LogP contribution in [0.2, 0.25) is 0 Å². The van der Waals surface area contributed by atoms with E-state index >= 15 is 0 Å². The van der Waals surface area contributed by atoms with E-state index in [0.717, 1.165) is 39.3 Å². The van der Waals surface area contributed by atoms with Crippen molar-refractivity contribution in [3.05, 3.63) is 0 Å². The fourth-order valence-electron chi connectivity index (χ4n) is 11.5. The minimum absolute atomic E-state index is 0.126. The Balaban J connectivity index is -0.000000663. The van der Waals surface area contributed by atoms with E-state index in [4.69, 9.17) is 48.5 Å². The summed E-state index contributed by atoms with van der Waals surface area (Å²) >= 11 is 3.96. The predicted octanol–water partition coefficient (Wildman–Crippen LogP) is -4.67. The first kappa shape index (κ1) is 124. The molecule has 0 bridgehead atoms. The smallest absolute Gasteiger partial charge is 0.327 e. The second-order valence-corrected chi connectivity index (χ2v) is 30.7. The topological polar surface area (TPSA) is 704 Å². The molecule has 726 valence electrons. The summed E-state index contributed by atoms with van der Waals surface area (Å²) in [6, 6.07) is -2.86. The molecule has 0 aromatic heterocycles. The first-order valence-corrected chi connectivity index (χ1v) is 45.3. The average molecular weight is 1850 g/mol. The van der Waals surface area contributed by atoms with Gasteiger partial charge in [0.1, 0.15) is 116 Å². The molecule has 31 atom stereocenters. The van der Waals surface area contributed by atoms with Crippen LogP contribution in [0.25, 0.3) is 0 Å². The van der Waals surface area contributed by atoms with E-state index in [0.29, 0.717) is 25.0 Å². The molecular formula is C77H149N7O36S3. The lowest BCUT2D eigenvalue weighted by Crippen LogP contribution is -2.60. The lowest BCUT2D eigenvalue weighted by Gasteiger charge is -2.40. The van der Waals surface area contributed by atoms with Crippen LogP contribution in [-0.4, -0.2) is 394 Å². The number of ether oxygens (including phenoxy) is 7. The standard InChI is InChI=1S/2C12H21NO7S.C10H19NO6.2C9H17NO5.C9H17NO3S.C6H13NO.2C3H6O.2C2H6/c2*1-3-5(9-7(14)8(15)12(19)20-9)10(16)13-6(4-21-2)11(17)18;1-3-4(9(15)11-2)8-6(13)5(12)7(14)10(16)17-8;2*1-3-4(8(13)10-2)7-5(11)6(12)9(14)15-7;1-4-6(2)8(11)10-7(5-14-3)9(12)13;1-4-5(2)6(8)7-3;2*1-2-4-3-1;2*1-2/h2*5-9,12,14-15,19H,3-4H2,1-2H3,(H,13,16)(H,17,18);4-8,10,12-14,16H,3H2,1-2H3,(H,11,15);2*4-7,9,11-12,14H,3H2,1-2H3,(H,10,13);6-7H,4-5H2,1-3H3,(H,10,11)(H,12,13);5H,4H2,1-3H3,(H,7,8);2*1-3H2;2*1-2H3/t5?,6-,7?,8?,9?,12?;5-,6+,7-,8-,9?,12+;;4-,5-,6-,7?,9+;;6?,7-;;;;;/m01.1.0...../s1. The number of aliphatic hydroxyl groups is 16. The second kappa shape index (κ2) is 68.9. The van der Waals surface area contributed by atoms with Crippen LogP contribution in [0.4, 0.5) is 0 Å². The van der Waals surface area contributed by atoms with Crippen LogP contribution in [0, 0.1) is 41.4 Å². The minimum Gasteiger partial charge on any atom is -0.480 e. The van der Waals surface area contributed by atoms with Crippen molar-refractivity contribution in [2.24, 2.45) is 41.4 Å². The maximum atomic E-state index is 12.2. The van der Waals surface area contributed by atoms with Crippen LogP contribution in [0.3, 0.4) is 0 Å². The number of nitrogens with one attached hydrogen (secondary N) is 7. The summed E-state index contributed by atoms with van der Waals surface area (Å²) in [6.45, 7) is 28.2. The highest BCUT2D eigenvalue weighted by atomic mass is 32.2. The third-order valence-corrected chi connectivity index (χ3v) is 21.7. The summed E-state index contributed by atoms with van der Waals surface area (Å²) in [5, 5.41) is 195. The number of hydrogen-bond acceptors (Lipinski definition) is 36. The number of carbonyl (C=O) groups excluding carboxylic acids is 7. The van der Waals surface area contributed by atoms with Crippen molar-refractivity contribution in [1.82, 2.24) is 37.2 Å². The van der Waals surface area contributed by atoms with Crippen molar-refractivity contribution in [1.29, 1.82) is 0 Å². The van der Waals surface area contributed by atoms with E-state index in [9.17, 15) is 130 Å².